The van der Waals surface area contributed by atoms with Crippen LogP contribution in [0.15, 0.2) is 35.2 Å². The van der Waals surface area contributed by atoms with Crippen molar-refractivity contribution in [3.05, 3.63) is 30.3 Å². The van der Waals surface area contributed by atoms with Gasteiger partial charge in [-0.05, 0) is 12.1 Å². The molecule has 0 spiro atoms. The fourth-order valence-corrected chi connectivity index (χ4v) is 2.75. The van der Waals surface area contributed by atoms with Crippen LogP contribution in [0.25, 0.3) is 0 Å². The molecule has 2 amide bonds. The average molecular weight is 265 g/mol. The number of carbonyl (C=O) groups is 2. The second-order valence-electron chi connectivity index (χ2n) is 4.11. The van der Waals surface area contributed by atoms with E-state index < -0.39 is 6.09 Å². The standard InChI is InChI=1S/C13H15NO3S/c1-10(18-11-5-3-2-4-6-11)9-12(15)14-7-8-17-13(14)16/h2-6,10H,7-9H2,1H3/t10-/m1/s1. The molecule has 0 bridgehead atoms. The Morgan fingerprint density at radius 2 is 2.17 bits per heavy atom. The molecule has 0 unspecified atom stereocenters. The summed E-state index contributed by atoms with van der Waals surface area (Å²) < 4.78 is 4.75. The van der Waals surface area contributed by atoms with Crippen molar-refractivity contribution in [1.82, 2.24) is 4.90 Å². The summed E-state index contributed by atoms with van der Waals surface area (Å²) in [4.78, 5) is 25.4. The third-order valence-corrected chi connectivity index (χ3v) is 3.72. The first-order valence-electron chi connectivity index (χ1n) is 5.85. The number of benzene rings is 1. The van der Waals surface area contributed by atoms with Gasteiger partial charge < -0.3 is 4.74 Å². The third-order valence-electron chi connectivity index (χ3n) is 2.60. The maximum atomic E-state index is 11.9. The van der Waals surface area contributed by atoms with Gasteiger partial charge in [0.2, 0.25) is 5.91 Å². The summed E-state index contributed by atoms with van der Waals surface area (Å²) in [5, 5.41) is 0.133. The number of carbonyl (C=O) groups excluding carboxylic acids is 2. The summed E-state index contributed by atoms with van der Waals surface area (Å²) in [6, 6.07) is 9.91. The smallest absolute Gasteiger partial charge is 0.416 e. The van der Waals surface area contributed by atoms with Crippen LogP contribution in [0, 0.1) is 0 Å². The number of hydrogen-bond acceptors (Lipinski definition) is 4. The molecule has 1 aliphatic heterocycles. The zero-order chi connectivity index (χ0) is 13.0. The van der Waals surface area contributed by atoms with Crippen molar-refractivity contribution in [2.24, 2.45) is 0 Å². The van der Waals surface area contributed by atoms with Crippen molar-refractivity contribution < 1.29 is 14.3 Å². The monoisotopic (exact) mass is 265 g/mol. The molecule has 2 rings (SSSR count). The quantitative estimate of drug-likeness (QED) is 0.785. The Balaban J connectivity index is 1.86. The Bertz CT molecular complexity index is 435. The Hall–Kier alpha value is -1.49. The molecule has 0 saturated carbocycles. The van der Waals surface area contributed by atoms with Crippen LogP contribution >= 0.6 is 11.8 Å². The maximum absolute atomic E-state index is 11.9. The minimum absolute atomic E-state index is 0.133. The molecular formula is C13H15NO3S. The predicted molar refractivity (Wildman–Crippen MR) is 69.4 cm³/mol. The van der Waals surface area contributed by atoms with Gasteiger partial charge in [-0.25, -0.2) is 9.69 Å². The van der Waals surface area contributed by atoms with Gasteiger partial charge in [-0.15, -0.1) is 11.8 Å². The van der Waals surface area contributed by atoms with Crippen LogP contribution in [0.4, 0.5) is 4.79 Å². The average Bonchev–Trinajstić information content (AvgIpc) is 2.76. The van der Waals surface area contributed by atoms with E-state index in [9.17, 15) is 9.59 Å². The predicted octanol–water partition coefficient (Wildman–Crippen LogP) is 2.54. The Morgan fingerprint density at radius 3 is 2.78 bits per heavy atom. The Morgan fingerprint density at radius 1 is 1.44 bits per heavy atom. The highest BCUT2D eigenvalue weighted by molar-refractivity contribution is 8.00. The second kappa shape index (κ2) is 5.91. The highest BCUT2D eigenvalue weighted by Gasteiger charge is 2.29. The van der Waals surface area contributed by atoms with E-state index in [0.29, 0.717) is 19.6 Å². The molecule has 1 atom stereocenters. The number of hydrogen-bond donors (Lipinski definition) is 0. The molecule has 1 saturated heterocycles. The summed E-state index contributed by atoms with van der Waals surface area (Å²) in [5.74, 6) is -0.159. The van der Waals surface area contributed by atoms with Gasteiger partial charge in [0.05, 0.1) is 6.54 Å². The molecule has 1 fully saturated rings. The van der Waals surface area contributed by atoms with Gasteiger partial charge in [-0.2, -0.15) is 0 Å². The lowest BCUT2D eigenvalue weighted by atomic mass is 10.3. The van der Waals surface area contributed by atoms with Crippen molar-refractivity contribution in [3.8, 4) is 0 Å². The van der Waals surface area contributed by atoms with Crippen LogP contribution in [-0.4, -0.2) is 35.3 Å². The van der Waals surface area contributed by atoms with Gasteiger partial charge >= 0.3 is 6.09 Å². The number of nitrogens with zero attached hydrogens (tertiary/aromatic N) is 1. The normalized spacial score (nSPS) is 16.5. The van der Waals surface area contributed by atoms with Crippen LogP contribution < -0.4 is 0 Å². The lowest BCUT2D eigenvalue weighted by Crippen LogP contribution is -2.33. The molecule has 1 aromatic carbocycles. The molecular weight excluding hydrogens is 250 g/mol. The molecule has 1 aromatic rings. The lowest BCUT2D eigenvalue weighted by Gasteiger charge is -2.14. The van der Waals surface area contributed by atoms with Gasteiger partial charge in [-0.3, -0.25) is 4.79 Å². The van der Waals surface area contributed by atoms with E-state index in [1.165, 1.54) is 4.90 Å². The highest BCUT2D eigenvalue weighted by Crippen LogP contribution is 2.25. The molecule has 1 aliphatic rings. The number of imide groups is 1. The van der Waals surface area contributed by atoms with E-state index >= 15 is 0 Å². The minimum atomic E-state index is -0.517. The maximum Gasteiger partial charge on any atom is 0.416 e. The van der Waals surface area contributed by atoms with Crippen LogP contribution in [0.1, 0.15) is 13.3 Å². The third kappa shape index (κ3) is 3.26. The fraction of sp³-hybridized carbons (Fsp3) is 0.385. The first-order chi connectivity index (χ1) is 8.66. The summed E-state index contributed by atoms with van der Waals surface area (Å²) in [7, 11) is 0. The molecule has 0 N–H and O–H groups in total. The van der Waals surface area contributed by atoms with E-state index in [1.807, 2.05) is 37.3 Å². The largest absolute Gasteiger partial charge is 0.447 e. The van der Waals surface area contributed by atoms with Crippen LogP contribution in [0.2, 0.25) is 0 Å². The summed E-state index contributed by atoms with van der Waals surface area (Å²) in [6.45, 7) is 2.67. The first kappa shape index (κ1) is 13.0. The fourth-order valence-electron chi connectivity index (χ4n) is 1.75. The number of amides is 2. The molecule has 0 aliphatic carbocycles. The molecule has 5 heteroatoms. The van der Waals surface area contributed by atoms with Gasteiger partial charge in [-0.1, -0.05) is 25.1 Å². The van der Waals surface area contributed by atoms with E-state index in [1.54, 1.807) is 11.8 Å². The molecule has 96 valence electrons. The first-order valence-corrected chi connectivity index (χ1v) is 6.73. The van der Waals surface area contributed by atoms with E-state index in [-0.39, 0.29) is 11.2 Å². The topological polar surface area (TPSA) is 46.6 Å². The molecule has 18 heavy (non-hydrogen) atoms. The number of thioether (sulfide) groups is 1. The van der Waals surface area contributed by atoms with E-state index in [4.69, 9.17) is 4.74 Å². The molecule has 4 nitrogen and oxygen atoms in total. The zero-order valence-corrected chi connectivity index (χ0v) is 11.0. The van der Waals surface area contributed by atoms with Crippen molar-refractivity contribution >= 4 is 23.8 Å². The van der Waals surface area contributed by atoms with Crippen LogP contribution in [0.3, 0.4) is 0 Å². The highest BCUT2D eigenvalue weighted by atomic mass is 32.2. The van der Waals surface area contributed by atoms with Crippen molar-refractivity contribution in [3.63, 3.8) is 0 Å². The number of rotatable bonds is 4. The lowest BCUT2D eigenvalue weighted by molar-refractivity contribution is -0.127. The SMILES string of the molecule is C[C@H](CC(=O)N1CCOC1=O)Sc1ccccc1. The van der Waals surface area contributed by atoms with Gasteiger partial charge in [0.15, 0.2) is 0 Å². The van der Waals surface area contributed by atoms with Gasteiger partial charge in [0.25, 0.3) is 0 Å². The van der Waals surface area contributed by atoms with Crippen LogP contribution in [0.5, 0.6) is 0 Å². The molecule has 0 aromatic heterocycles. The van der Waals surface area contributed by atoms with Crippen molar-refractivity contribution in [2.75, 3.05) is 13.2 Å². The summed E-state index contributed by atoms with van der Waals surface area (Å²) in [6.07, 6.45) is -0.175. The second-order valence-corrected chi connectivity index (χ2v) is 5.62. The van der Waals surface area contributed by atoms with E-state index in [0.717, 1.165) is 4.90 Å². The summed E-state index contributed by atoms with van der Waals surface area (Å²) in [5.41, 5.74) is 0. The Kier molecular flexibility index (Phi) is 4.25. The van der Waals surface area contributed by atoms with Gasteiger partial charge in [0.1, 0.15) is 6.61 Å². The zero-order valence-electron chi connectivity index (χ0n) is 10.2. The van der Waals surface area contributed by atoms with Crippen LogP contribution in [-0.2, 0) is 9.53 Å². The van der Waals surface area contributed by atoms with Gasteiger partial charge in [0, 0.05) is 16.6 Å². The molecule has 0 radical (unpaired) electrons. The number of cyclic esters (lactones) is 1. The molecule has 1 heterocycles. The Labute approximate surface area is 110 Å². The number of ether oxygens (including phenoxy) is 1. The summed E-state index contributed by atoms with van der Waals surface area (Å²) >= 11 is 1.63. The minimum Gasteiger partial charge on any atom is -0.447 e. The van der Waals surface area contributed by atoms with Crippen molar-refractivity contribution in [2.45, 2.75) is 23.5 Å². The van der Waals surface area contributed by atoms with E-state index in [2.05, 4.69) is 0 Å². The van der Waals surface area contributed by atoms with Crippen molar-refractivity contribution in [1.29, 1.82) is 0 Å².